The van der Waals surface area contributed by atoms with Crippen LogP contribution in [0.1, 0.15) is 12.3 Å². The number of carbonyl (C=O) groups is 1. The first-order valence-electron chi connectivity index (χ1n) is 7.66. The predicted molar refractivity (Wildman–Crippen MR) is 95.6 cm³/mol. The Labute approximate surface area is 161 Å². The highest BCUT2D eigenvalue weighted by Gasteiger charge is 2.16. The van der Waals surface area contributed by atoms with Crippen LogP contribution in [-0.4, -0.2) is 31.8 Å². The zero-order valence-electron chi connectivity index (χ0n) is 13.6. The number of amides is 1. The summed E-state index contributed by atoms with van der Waals surface area (Å²) < 4.78 is 30.4. The van der Waals surface area contributed by atoms with E-state index in [4.69, 9.17) is 16.1 Å². The Bertz CT molecular complexity index is 926. The molecule has 2 heterocycles. The lowest BCUT2D eigenvalue weighted by Crippen LogP contribution is -2.13. The van der Waals surface area contributed by atoms with Gasteiger partial charge >= 0.3 is 0 Å². The van der Waals surface area contributed by atoms with E-state index >= 15 is 0 Å². The number of nitrogens with zero attached hydrogens (tertiary/aromatic N) is 4. The summed E-state index contributed by atoms with van der Waals surface area (Å²) in [6, 6.07) is 6.21. The number of alkyl halides is 2. The molecule has 1 aromatic carbocycles. The van der Waals surface area contributed by atoms with Gasteiger partial charge in [-0.15, -0.1) is 0 Å². The van der Waals surface area contributed by atoms with Crippen molar-refractivity contribution in [2.45, 2.75) is 23.5 Å². The quantitative estimate of drug-likeness (QED) is 0.585. The molecule has 2 aromatic heterocycles. The van der Waals surface area contributed by atoms with Crippen LogP contribution in [-0.2, 0) is 11.2 Å². The Hall–Kier alpha value is -2.59. The van der Waals surface area contributed by atoms with Gasteiger partial charge in [-0.2, -0.15) is 13.8 Å². The molecular weight excluding hydrogens is 400 g/mol. The summed E-state index contributed by atoms with van der Waals surface area (Å²) in [7, 11) is 0. The van der Waals surface area contributed by atoms with Crippen LogP contribution in [0.25, 0.3) is 11.6 Å². The second kappa shape index (κ2) is 8.87. The zero-order valence-corrected chi connectivity index (χ0v) is 15.2. The number of thioether (sulfide) groups is 1. The van der Waals surface area contributed by atoms with Gasteiger partial charge in [-0.1, -0.05) is 34.6 Å². The zero-order chi connectivity index (χ0) is 19.2. The minimum absolute atomic E-state index is 0.0164. The average molecular weight is 412 g/mol. The van der Waals surface area contributed by atoms with Crippen LogP contribution in [0.4, 0.5) is 14.5 Å². The highest BCUT2D eigenvalue weighted by atomic mass is 35.5. The van der Waals surface area contributed by atoms with Crippen molar-refractivity contribution >= 4 is 35.0 Å². The van der Waals surface area contributed by atoms with Gasteiger partial charge in [-0.25, -0.2) is 9.97 Å². The van der Waals surface area contributed by atoms with Crippen LogP contribution in [0.2, 0.25) is 5.02 Å². The maximum Gasteiger partial charge on any atom is 0.289 e. The van der Waals surface area contributed by atoms with Crippen molar-refractivity contribution in [2.24, 2.45) is 0 Å². The average Bonchev–Trinajstić information content (AvgIpc) is 3.12. The van der Waals surface area contributed by atoms with E-state index in [1.807, 2.05) is 0 Å². The molecule has 0 aliphatic rings. The lowest BCUT2D eigenvalue weighted by molar-refractivity contribution is -0.116. The van der Waals surface area contributed by atoms with Crippen LogP contribution in [0, 0.1) is 0 Å². The molecule has 7 nitrogen and oxygen atoms in total. The van der Waals surface area contributed by atoms with E-state index in [2.05, 4.69) is 25.4 Å². The van der Waals surface area contributed by atoms with Crippen molar-refractivity contribution in [1.29, 1.82) is 0 Å². The number of aryl methyl sites for hydroxylation is 1. The number of aromatic nitrogens is 4. The first-order chi connectivity index (χ1) is 13.0. The van der Waals surface area contributed by atoms with Gasteiger partial charge in [-0.3, -0.25) is 4.79 Å². The van der Waals surface area contributed by atoms with Crippen molar-refractivity contribution in [1.82, 2.24) is 20.1 Å². The summed E-state index contributed by atoms with van der Waals surface area (Å²) in [5.41, 5.74) is 0.224. The largest absolute Gasteiger partial charge is 0.339 e. The molecule has 140 valence electrons. The fraction of sp³-hybridized carbons (Fsp3) is 0.188. The lowest BCUT2D eigenvalue weighted by Gasteiger charge is -2.11. The standard InChI is InChI=1S/C16H12ClF2N5O2S/c17-9-3-1-4-10(13(9)27-16(18)19)22-11(25)5-6-12-23-15(24-26-12)14-20-7-2-8-21-14/h1-4,7-8,16H,5-6H2,(H,22,25). The molecule has 0 aliphatic carbocycles. The number of rotatable bonds is 7. The molecule has 1 N–H and O–H groups in total. The number of hydrogen-bond acceptors (Lipinski definition) is 7. The van der Waals surface area contributed by atoms with Crippen molar-refractivity contribution in [3.05, 3.63) is 47.6 Å². The maximum atomic E-state index is 12.7. The minimum atomic E-state index is -2.66. The summed E-state index contributed by atoms with van der Waals surface area (Å²) in [6.45, 7) is 0. The third kappa shape index (κ3) is 5.20. The van der Waals surface area contributed by atoms with E-state index in [1.54, 1.807) is 24.5 Å². The molecule has 3 rings (SSSR count). The van der Waals surface area contributed by atoms with Crippen LogP contribution < -0.4 is 5.32 Å². The van der Waals surface area contributed by atoms with E-state index in [1.165, 1.54) is 12.1 Å². The van der Waals surface area contributed by atoms with E-state index in [9.17, 15) is 13.6 Å². The molecule has 1 amide bonds. The molecule has 0 aliphatic heterocycles. The second-order valence-electron chi connectivity index (χ2n) is 5.13. The molecule has 0 radical (unpaired) electrons. The van der Waals surface area contributed by atoms with E-state index in [0.29, 0.717) is 5.82 Å². The Balaban J connectivity index is 1.61. The summed E-state index contributed by atoms with van der Waals surface area (Å²) >= 11 is 6.21. The second-order valence-corrected chi connectivity index (χ2v) is 6.53. The molecule has 3 aromatic rings. The number of anilines is 1. The van der Waals surface area contributed by atoms with Crippen molar-refractivity contribution in [3.8, 4) is 11.6 Å². The smallest absolute Gasteiger partial charge is 0.289 e. The van der Waals surface area contributed by atoms with E-state index in [0.717, 1.165) is 0 Å². The van der Waals surface area contributed by atoms with Gasteiger partial charge in [-0.05, 0) is 18.2 Å². The molecule has 27 heavy (non-hydrogen) atoms. The van der Waals surface area contributed by atoms with Gasteiger partial charge in [0.2, 0.25) is 23.4 Å². The molecule has 0 unspecified atom stereocenters. The number of nitrogens with one attached hydrogen (secondary N) is 1. The highest BCUT2D eigenvalue weighted by molar-refractivity contribution is 7.99. The molecule has 0 atom stereocenters. The molecule has 0 fully saturated rings. The Morgan fingerprint density at radius 3 is 2.74 bits per heavy atom. The van der Waals surface area contributed by atoms with Gasteiger partial charge in [0, 0.05) is 25.2 Å². The molecular formula is C16H12ClF2N5O2S. The maximum absolute atomic E-state index is 12.7. The van der Waals surface area contributed by atoms with Crippen molar-refractivity contribution in [2.75, 3.05) is 5.32 Å². The van der Waals surface area contributed by atoms with Crippen molar-refractivity contribution in [3.63, 3.8) is 0 Å². The predicted octanol–water partition coefficient (Wildman–Crippen LogP) is 4.07. The van der Waals surface area contributed by atoms with Gasteiger partial charge in [0.25, 0.3) is 5.76 Å². The summed E-state index contributed by atoms with van der Waals surface area (Å²) in [4.78, 5) is 24.4. The van der Waals surface area contributed by atoms with Crippen LogP contribution in [0.3, 0.4) is 0 Å². The Morgan fingerprint density at radius 2 is 2.00 bits per heavy atom. The van der Waals surface area contributed by atoms with Gasteiger partial charge in [0.15, 0.2) is 0 Å². The first kappa shape index (κ1) is 19.2. The number of halogens is 3. The van der Waals surface area contributed by atoms with Crippen LogP contribution in [0.15, 0.2) is 46.1 Å². The Morgan fingerprint density at radius 1 is 1.22 bits per heavy atom. The van der Waals surface area contributed by atoms with Crippen LogP contribution >= 0.6 is 23.4 Å². The third-order valence-corrected chi connectivity index (χ3v) is 4.53. The first-order valence-corrected chi connectivity index (χ1v) is 8.92. The molecule has 0 saturated heterocycles. The van der Waals surface area contributed by atoms with Crippen molar-refractivity contribution < 1.29 is 18.1 Å². The fourth-order valence-corrected chi connectivity index (χ4v) is 3.02. The molecule has 0 spiro atoms. The molecule has 0 bridgehead atoms. The number of hydrogen-bond donors (Lipinski definition) is 1. The normalized spacial score (nSPS) is 11.0. The van der Waals surface area contributed by atoms with E-state index < -0.39 is 11.7 Å². The fourth-order valence-electron chi connectivity index (χ4n) is 2.11. The van der Waals surface area contributed by atoms with Gasteiger partial charge in [0.1, 0.15) is 0 Å². The number of benzene rings is 1. The summed E-state index contributed by atoms with van der Waals surface area (Å²) in [6.07, 6.45) is 3.28. The van der Waals surface area contributed by atoms with Gasteiger partial charge < -0.3 is 9.84 Å². The van der Waals surface area contributed by atoms with E-state index in [-0.39, 0.29) is 51.9 Å². The van der Waals surface area contributed by atoms with Crippen LogP contribution in [0.5, 0.6) is 0 Å². The Kier molecular flexibility index (Phi) is 6.30. The minimum Gasteiger partial charge on any atom is -0.339 e. The lowest BCUT2D eigenvalue weighted by atomic mass is 10.2. The summed E-state index contributed by atoms with van der Waals surface area (Å²) in [5, 5.41) is 6.47. The highest BCUT2D eigenvalue weighted by Crippen LogP contribution is 2.37. The monoisotopic (exact) mass is 411 g/mol. The van der Waals surface area contributed by atoms with Gasteiger partial charge in [0.05, 0.1) is 15.6 Å². The SMILES string of the molecule is O=C(CCc1nc(-c2ncccn2)no1)Nc1cccc(Cl)c1SC(F)F. The molecule has 11 heteroatoms. The topological polar surface area (TPSA) is 93.8 Å². The summed E-state index contributed by atoms with van der Waals surface area (Å²) in [5.74, 6) is -2.29. The molecule has 0 saturated carbocycles. The number of carbonyl (C=O) groups excluding carboxylic acids is 1. The third-order valence-electron chi connectivity index (χ3n) is 3.25.